The lowest BCUT2D eigenvalue weighted by atomic mass is 10.1. The third-order valence-electron chi connectivity index (χ3n) is 1.44. The first-order chi connectivity index (χ1) is 5.65. The average Bonchev–Trinajstić information content (AvgIpc) is 2.08. The highest BCUT2D eigenvalue weighted by Gasteiger charge is 2.05. The van der Waals surface area contributed by atoms with E-state index < -0.39 is 6.04 Å². The van der Waals surface area contributed by atoms with Crippen molar-refractivity contribution >= 4 is 31.9 Å². The molecule has 0 fully saturated rings. The maximum absolute atomic E-state index is 8.55. The number of nitrogens with two attached hydrogens (primary N) is 1. The molecular weight excluding hydrogens is 284 g/mol. The van der Waals surface area contributed by atoms with Gasteiger partial charge in [-0.3, -0.25) is 0 Å². The van der Waals surface area contributed by atoms with Crippen molar-refractivity contribution in [3.05, 3.63) is 32.7 Å². The molecule has 0 saturated heterocycles. The third kappa shape index (κ3) is 2.07. The fraction of sp³-hybridized carbons (Fsp3) is 0.125. The molecule has 0 aromatic heterocycles. The van der Waals surface area contributed by atoms with Gasteiger partial charge in [-0.25, -0.2) is 0 Å². The lowest BCUT2D eigenvalue weighted by Gasteiger charge is -2.03. The number of halogens is 2. The van der Waals surface area contributed by atoms with Crippen LogP contribution < -0.4 is 5.73 Å². The molecule has 1 atom stereocenters. The van der Waals surface area contributed by atoms with Crippen LogP contribution >= 0.6 is 31.9 Å². The topological polar surface area (TPSA) is 49.8 Å². The van der Waals surface area contributed by atoms with Gasteiger partial charge in [-0.15, -0.1) is 0 Å². The number of hydrogen-bond donors (Lipinski definition) is 1. The summed E-state index contributed by atoms with van der Waals surface area (Å²) in [5.74, 6) is 0. The molecular formula is C8H6Br2N2. The molecule has 62 valence electrons. The van der Waals surface area contributed by atoms with E-state index >= 15 is 0 Å². The predicted molar refractivity (Wildman–Crippen MR) is 54.4 cm³/mol. The fourth-order valence-corrected chi connectivity index (χ4v) is 1.42. The minimum atomic E-state index is -0.547. The van der Waals surface area contributed by atoms with E-state index in [1.807, 2.05) is 24.3 Å². The predicted octanol–water partition coefficient (Wildman–Crippen LogP) is 2.73. The van der Waals surface area contributed by atoms with Gasteiger partial charge >= 0.3 is 0 Å². The van der Waals surface area contributed by atoms with Crippen LogP contribution in [0, 0.1) is 11.3 Å². The van der Waals surface area contributed by atoms with Crippen LogP contribution in [0.3, 0.4) is 0 Å². The molecule has 0 aliphatic rings. The van der Waals surface area contributed by atoms with Crippen LogP contribution in [0.1, 0.15) is 11.6 Å². The molecule has 0 aliphatic heterocycles. The average molecular weight is 290 g/mol. The van der Waals surface area contributed by atoms with E-state index in [0.29, 0.717) is 0 Å². The summed E-state index contributed by atoms with van der Waals surface area (Å²) in [5.41, 5.74) is 6.33. The first kappa shape index (κ1) is 9.72. The van der Waals surface area contributed by atoms with E-state index in [0.717, 1.165) is 14.5 Å². The highest BCUT2D eigenvalue weighted by atomic mass is 79.9. The van der Waals surface area contributed by atoms with E-state index in [1.54, 1.807) is 0 Å². The van der Waals surface area contributed by atoms with Gasteiger partial charge in [0.25, 0.3) is 0 Å². The lowest BCUT2D eigenvalue weighted by molar-refractivity contribution is 0.924. The van der Waals surface area contributed by atoms with Crippen LogP contribution in [-0.4, -0.2) is 0 Å². The third-order valence-corrected chi connectivity index (χ3v) is 3.32. The first-order valence-corrected chi connectivity index (χ1v) is 4.84. The zero-order valence-electron chi connectivity index (χ0n) is 6.09. The molecule has 0 radical (unpaired) electrons. The van der Waals surface area contributed by atoms with Crippen molar-refractivity contribution in [2.24, 2.45) is 5.73 Å². The molecule has 4 heteroatoms. The molecule has 0 unspecified atom stereocenters. The summed E-state index contributed by atoms with van der Waals surface area (Å²) in [6.07, 6.45) is 0. The van der Waals surface area contributed by atoms with Crippen molar-refractivity contribution in [3.8, 4) is 6.07 Å². The maximum atomic E-state index is 8.55. The van der Waals surface area contributed by atoms with Gasteiger partial charge in [-0.2, -0.15) is 5.26 Å². The SMILES string of the molecule is N#C[C@@H](N)c1ccc(Br)c(Br)c1. The Morgan fingerprint density at radius 2 is 2.00 bits per heavy atom. The molecule has 1 aromatic carbocycles. The normalized spacial score (nSPS) is 12.2. The van der Waals surface area contributed by atoms with Gasteiger partial charge in [0.05, 0.1) is 6.07 Å². The Kier molecular flexibility index (Phi) is 3.27. The van der Waals surface area contributed by atoms with Crippen LogP contribution in [0.5, 0.6) is 0 Å². The fourth-order valence-electron chi connectivity index (χ4n) is 0.780. The second kappa shape index (κ2) is 4.04. The Bertz CT molecular complexity index is 330. The largest absolute Gasteiger partial charge is 0.312 e. The van der Waals surface area contributed by atoms with E-state index in [1.165, 1.54) is 0 Å². The first-order valence-electron chi connectivity index (χ1n) is 3.25. The highest BCUT2D eigenvalue weighted by molar-refractivity contribution is 9.13. The standard InChI is InChI=1S/C8H6Br2N2/c9-6-2-1-5(3-7(6)10)8(12)4-11/h1-3,8H,12H2/t8-/m1/s1. The van der Waals surface area contributed by atoms with E-state index in [2.05, 4.69) is 31.9 Å². The molecule has 0 spiro atoms. The summed E-state index contributed by atoms with van der Waals surface area (Å²) in [7, 11) is 0. The number of benzene rings is 1. The van der Waals surface area contributed by atoms with Crippen molar-refractivity contribution in [3.63, 3.8) is 0 Å². The summed E-state index contributed by atoms with van der Waals surface area (Å²) >= 11 is 6.66. The molecule has 1 rings (SSSR count). The second-order valence-corrected chi connectivity index (χ2v) is 3.99. The van der Waals surface area contributed by atoms with Crippen LogP contribution in [0.25, 0.3) is 0 Å². The molecule has 0 aliphatic carbocycles. The zero-order valence-corrected chi connectivity index (χ0v) is 9.26. The quantitative estimate of drug-likeness (QED) is 0.864. The lowest BCUT2D eigenvalue weighted by Crippen LogP contribution is -2.06. The summed E-state index contributed by atoms with van der Waals surface area (Å²) in [5, 5.41) is 8.55. The van der Waals surface area contributed by atoms with Gasteiger partial charge in [0.2, 0.25) is 0 Å². The van der Waals surface area contributed by atoms with Gasteiger partial charge in [0.1, 0.15) is 6.04 Å². The second-order valence-electron chi connectivity index (χ2n) is 2.28. The van der Waals surface area contributed by atoms with Crippen LogP contribution in [-0.2, 0) is 0 Å². The van der Waals surface area contributed by atoms with Crippen molar-refractivity contribution in [2.45, 2.75) is 6.04 Å². The molecule has 12 heavy (non-hydrogen) atoms. The molecule has 2 nitrogen and oxygen atoms in total. The number of rotatable bonds is 1. The summed E-state index contributed by atoms with van der Waals surface area (Å²) < 4.78 is 1.86. The molecule has 2 N–H and O–H groups in total. The minimum absolute atomic E-state index is 0.547. The van der Waals surface area contributed by atoms with Crippen LogP contribution in [0.4, 0.5) is 0 Å². The molecule has 0 heterocycles. The van der Waals surface area contributed by atoms with Crippen molar-refractivity contribution in [1.82, 2.24) is 0 Å². The van der Waals surface area contributed by atoms with Crippen molar-refractivity contribution in [1.29, 1.82) is 5.26 Å². The molecule has 1 aromatic rings. The highest BCUT2D eigenvalue weighted by Crippen LogP contribution is 2.25. The van der Waals surface area contributed by atoms with E-state index in [-0.39, 0.29) is 0 Å². The van der Waals surface area contributed by atoms with E-state index in [4.69, 9.17) is 11.0 Å². The van der Waals surface area contributed by atoms with Gasteiger partial charge < -0.3 is 5.73 Å². The van der Waals surface area contributed by atoms with Crippen LogP contribution in [0.15, 0.2) is 27.1 Å². The Labute approximate surface area is 87.6 Å². The van der Waals surface area contributed by atoms with Crippen LogP contribution in [0.2, 0.25) is 0 Å². The molecule has 0 bridgehead atoms. The number of hydrogen-bond acceptors (Lipinski definition) is 2. The Morgan fingerprint density at radius 3 is 2.50 bits per heavy atom. The summed E-state index contributed by atoms with van der Waals surface area (Å²) in [6, 6.07) is 6.93. The van der Waals surface area contributed by atoms with Gasteiger partial charge in [-0.05, 0) is 49.6 Å². The number of nitrogens with zero attached hydrogens (tertiary/aromatic N) is 1. The van der Waals surface area contributed by atoms with E-state index in [9.17, 15) is 0 Å². The minimum Gasteiger partial charge on any atom is -0.312 e. The Morgan fingerprint density at radius 1 is 1.33 bits per heavy atom. The van der Waals surface area contributed by atoms with Crippen molar-refractivity contribution in [2.75, 3.05) is 0 Å². The summed E-state index contributed by atoms with van der Waals surface area (Å²) in [6.45, 7) is 0. The Hall–Kier alpha value is -0.370. The maximum Gasteiger partial charge on any atom is 0.118 e. The summed E-state index contributed by atoms with van der Waals surface area (Å²) in [4.78, 5) is 0. The van der Waals surface area contributed by atoms with Gasteiger partial charge in [0.15, 0.2) is 0 Å². The van der Waals surface area contributed by atoms with Crippen molar-refractivity contribution < 1.29 is 0 Å². The van der Waals surface area contributed by atoms with Gasteiger partial charge in [-0.1, -0.05) is 6.07 Å². The molecule has 0 saturated carbocycles. The Balaban J connectivity index is 3.06. The zero-order chi connectivity index (χ0) is 9.14. The number of nitriles is 1. The smallest absolute Gasteiger partial charge is 0.118 e. The van der Waals surface area contributed by atoms with Gasteiger partial charge in [0, 0.05) is 8.95 Å². The molecule has 0 amide bonds. The monoisotopic (exact) mass is 288 g/mol.